The maximum absolute atomic E-state index is 13.8. The van der Waals surface area contributed by atoms with Crippen LogP contribution < -0.4 is 10.2 Å². The van der Waals surface area contributed by atoms with Crippen molar-refractivity contribution in [3.63, 3.8) is 0 Å². The lowest BCUT2D eigenvalue weighted by atomic mass is 10.1. The van der Waals surface area contributed by atoms with Crippen LogP contribution in [0, 0.1) is 11.6 Å². The van der Waals surface area contributed by atoms with Crippen LogP contribution in [0.1, 0.15) is 33.5 Å². The Kier molecular flexibility index (Phi) is 4.80. The van der Waals surface area contributed by atoms with E-state index in [1.54, 1.807) is 11.0 Å². The molecule has 1 N–H and O–H groups in total. The van der Waals surface area contributed by atoms with Crippen molar-refractivity contribution in [3.8, 4) is 0 Å². The number of nitrogens with zero attached hydrogens (tertiary/aromatic N) is 2. The number of benzene rings is 2. The zero-order valence-corrected chi connectivity index (χ0v) is 15.5. The van der Waals surface area contributed by atoms with E-state index < -0.39 is 17.5 Å². The Labute approximate surface area is 166 Å². The van der Waals surface area contributed by atoms with Gasteiger partial charge in [-0.2, -0.15) is 0 Å². The lowest BCUT2D eigenvalue weighted by Crippen LogP contribution is -2.36. The van der Waals surface area contributed by atoms with Gasteiger partial charge in [0.2, 0.25) is 0 Å². The van der Waals surface area contributed by atoms with Crippen LogP contribution in [0.15, 0.2) is 60.7 Å². The molecular formula is C22H17F2N3O2. The van der Waals surface area contributed by atoms with Crippen LogP contribution in [0.5, 0.6) is 0 Å². The number of amides is 2. The molecule has 0 spiro atoms. The van der Waals surface area contributed by atoms with E-state index in [2.05, 4.69) is 10.3 Å². The minimum atomic E-state index is -0.895. The molecule has 29 heavy (non-hydrogen) atoms. The molecule has 5 nitrogen and oxygen atoms in total. The summed E-state index contributed by atoms with van der Waals surface area (Å²) in [5.41, 5.74) is 1.81. The van der Waals surface area contributed by atoms with Crippen LogP contribution >= 0.6 is 0 Å². The minimum absolute atomic E-state index is 0.0347. The van der Waals surface area contributed by atoms with E-state index in [1.807, 2.05) is 31.2 Å². The van der Waals surface area contributed by atoms with Crippen molar-refractivity contribution in [2.24, 2.45) is 0 Å². The van der Waals surface area contributed by atoms with Crippen molar-refractivity contribution in [2.75, 3.05) is 10.2 Å². The van der Waals surface area contributed by atoms with Gasteiger partial charge in [-0.25, -0.2) is 13.8 Å². The standard InChI is InChI=1S/C22H17F2N3O2/c1-13-11-14-5-2-3-8-20(14)27(13)22(29)19-7-4-6-18(25-19)21(28)26-17-10-9-15(23)12-16(17)24/h2-10,12-13H,11H2,1H3,(H,26,28). The van der Waals surface area contributed by atoms with Crippen LogP contribution in [0.2, 0.25) is 0 Å². The number of rotatable bonds is 3. The van der Waals surface area contributed by atoms with Crippen molar-refractivity contribution >= 4 is 23.2 Å². The van der Waals surface area contributed by atoms with Gasteiger partial charge in [-0.3, -0.25) is 9.59 Å². The third-order valence-electron chi connectivity index (χ3n) is 4.81. The van der Waals surface area contributed by atoms with Crippen LogP contribution in [0.25, 0.3) is 0 Å². The first-order valence-corrected chi connectivity index (χ1v) is 9.09. The molecule has 1 atom stereocenters. The summed E-state index contributed by atoms with van der Waals surface area (Å²) in [4.78, 5) is 31.4. The predicted molar refractivity (Wildman–Crippen MR) is 105 cm³/mol. The fourth-order valence-electron chi connectivity index (χ4n) is 3.46. The van der Waals surface area contributed by atoms with Gasteiger partial charge in [0.05, 0.1) is 5.69 Å². The summed E-state index contributed by atoms with van der Waals surface area (Å²) in [7, 11) is 0. The van der Waals surface area contributed by atoms with Crippen molar-refractivity contribution in [3.05, 3.63) is 89.2 Å². The second kappa shape index (κ2) is 7.43. The minimum Gasteiger partial charge on any atom is -0.318 e. The molecule has 2 heterocycles. The van der Waals surface area contributed by atoms with Gasteiger partial charge in [0.1, 0.15) is 23.0 Å². The van der Waals surface area contributed by atoms with Crippen LogP contribution in [-0.4, -0.2) is 22.8 Å². The molecule has 0 fully saturated rings. The molecule has 4 rings (SSSR count). The fraction of sp³-hybridized carbons (Fsp3) is 0.136. The molecule has 1 unspecified atom stereocenters. The van der Waals surface area contributed by atoms with E-state index >= 15 is 0 Å². The van der Waals surface area contributed by atoms with Gasteiger partial charge in [0.25, 0.3) is 11.8 Å². The molecule has 0 aliphatic carbocycles. The van der Waals surface area contributed by atoms with Crippen LogP contribution in [0.3, 0.4) is 0 Å². The van der Waals surface area contributed by atoms with E-state index in [1.165, 1.54) is 12.1 Å². The van der Waals surface area contributed by atoms with Gasteiger partial charge in [-0.15, -0.1) is 0 Å². The maximum Gasteiger partial charge on any atom is 0.277 e. The number of anilines is 2. The Hall–Kier alpha value is -3.61. The first-order valence-electron chi connectivity index (χ1n) is 9.09. The van der Waals surface area contributed by atoms with Crippen molar-refractivity contribution in [2.45, 2.75) is 19.4 Å². The van der Waals surface area contributed by atoms with Gasteiger partial charge in [0, 0.05) is 17.8 Å². The largest absolute Gasteiger partial charge is 0.318 e. The van der Waals surface area contributed by atoms with Crippen molar-refractivity contribution in [1.29, 1.82) is 0 Å². The number of halogens is 2. The summed E-state index contributed by atoms with van der Waals surface area (Å²) < 4.78 is 26.8. The third kappa shape index (κ3) is 3.59. The number of para-hydroxylation sites is 1. The first kappa shape index (κ1) is 18.7. The van der Waals surface area contributed by atoms with Gasteiger partial charge in [0.15, 0.2) is 0 Å². The molecule has 1 aromatic heterocycles. The van der Waals surface area contributed by atoms with Crippen LogP contribution in [-0.2, 0) is 6.42 Å². The third-order valence-corrected chi connectivity index (χ3v) is 4.81. The van der Waals surface area contributed by atoms with Gasteiger partial charge in [-0.1, -0.05) is 24.3 Å². The number of fused-ring (bicyclic) bond motifs is 1. The molecule has 146 valence electrons. The molecule has 1 aliphatic heterocycles. The Balaban J connectivity index is 1.59. The highest BCUT2D eigenvalue weighted by Gasteiger charge is 2.32. The molecule has 2 amide bonds. The molecule has 7 heteroatoms. The lowest BCUT2D eigenvalue weighted by Gasteiger charge is -2.22. The maximum atomic E-state index is 13.8. The highest BCUT2D eigenvalue weighted by molar-refractivity contribution is 6.08. The van der Waals surface area contributed by atoms with Gasteiger partial charge in [-0.05, 0) is 49.2 Å². The Morgan fingerprint density at radius 2 is 1.79 bits per heavy atom. The van der Waals surface area contributed by atoms with Crippen LogP contribution in [0.4, 0.5) is 20.2 Å². The molecule has 1 aliphatic rings. The molecule has 0 radical (unpaired) electrons. The Morgan fingerprint density at radius 3 is 2.59 bits per heavy atom. The SMILES string of the molecule is CC1Cc2ccccc2N1C(=O)c1cccc(C(=O)Nc2ccc(F)cc2F)n1. The van der Waals surface area contributed by atoms with E-state index in [4.69, 9.17) is 0 Å². The highest BCUT2D eigenvalue weighted by atomic mass is 19.1. The predicted octanol–water partition coefficient (Wildman–Crippen LogP) is 4.20. The number of hydrogen-bond acceptors (Lipinski definition) is 3. The summed E-state index contributed by atoms with van der Waals surface area (Å²) in [6.45, 7) is 1.95. The van der Waals surface area contributed by atoms with Gasteiger partial charge < -0.3 is 10.2 Å². The summed E-state index contributed by atoms with van der Waals surface area (Å²) in [5, 5.41) is 2.35. The Bertz CT molecular complexity index is 1120. The highest BCUT2D eigenvalue weighted by Crippen LogP contribution is 2.32. The number of nitrogens with one attached hydrogen (secondary N) is 1. The number of carbonyl (C=O) groups excluding carboxylic acids is 2. The van der Waals surface area contributed by atoms with E-state index in [9.17, 15) is 18.4 Å². The average Bonchev–Trinajstić information content (AvgIpc) is 3.05. The van der Waals surface area contributed by atoms with Crippen molar-refractivity contribution in [1.82, 2.24) is 4.98 Å². The Morgan fingerprint density at radius 1 is 1.03 bits per heavy atom. The lowest BCUT2D eigenvalue weighted by molar-refractivity contribution is 0.0976. The number of carbonyl (C=O) groups is 2. The first-order chi connectivity index (χ1) is 13.9. The zero-order chi connectivity index (χ0) is 20.5. The van der Waals surface area contributed by atoms with Crippen molar-refractivity contribution < 1.29 is 18.4 Å². The zero-order valence-electron chi connectivity index (χ0n) is 15.5. The summed E-state index contributed by atoms with van der Waals surface area (Å²) >= 11 is 0. The smallest absolute Gasteiger partial charge is 0.277 e. The quantitative estimate of drug-likeness (QED) is 0.725. The number of pyridine rings is 1. The number of aromatic nitrogens is 1. The molecule has 0 saturated carbocycles. The second-order valence-corrected chi connectivity index (χ2v) is 6.84. The van der Waals surface area contributed by atoms with E-state index in [-0.39, 0.29) is 29.0 Å². The molecule has 2 aromatic carbocycles. The molecule has 0 bridgehead atoms. The molecule has 3 aromatic rings. The second-order valence-electron chi connectivity index (χ2n) is 6.84. The summed E-state index contributed by atoms with van der Waals surface area (Å²) in [5.74, 6) is -2.65. The van der Waals surface area contributed by atoms with E-state index in [0.717, 1.165) is 29.8 Å². The normalized spacial score (nSPS) is 15.1. The average molecular weight is 393 g/mol. The molecule has 0 saturated heterocycles. The fourth-order valence-corrected chi connectivity index (χ4v) is 3.46. The topological polar surface area (TPSA) is 62.3 Å². The van der Waals surface area contributed by atoms with E-state index in [0.29, 0.717) is 6.07 Å². The number of hydrogen-bond donors (Lipinski definition) is 1. The monoisotopic (exact) mass is 393 g/mol. The molecular weight excluding hydrogens is 376 g/mol. The summed E-state index contributed by atoms with van der Waals surface area (Å²) in [6, 6.07) is 15.0. The van der Waals surface area contributed by atoms with Gasteiger partial charge >= 0.3 is 0 Å². The summed E-state index contributed by atoms with van der Waals surface area (Å²) in [6.07, 6.45) is 0.742.